The van der Waals surface area contributed by atoms with E-state index in [9.17, 15) is 4.79 Å². The lowest BCUT2D eigenvalue weighted by Crippen LogP contribution is -2.42. The first-order valence-corrected chi connectivity index (χ1v) is 5.33. The highest BCUT2D eigenvalue weighted by atomic mass is 16.2. The van der Waals surface area contributed by atoms with Crippen LogP contribution < -0.4 is 5.32 Å². The Morgan fingerprint density at radius 1 is 1.33 bits per heavy atom. The van der Waals surface area contributed by atoms with Crippen LogP contribution in [0.15, 0.2) is 0 Å². The SMILES string of the molecule is CC(C)C(C)(C)CNC(=O)C(C)(C)C#N. The first kappa shape index (κ1) is 14.0. The molecule has 0 unspecified atom stereocenters. The van der Waals surface area contributed by atoms with Crippen molar-refractivity contribution in [2.24, 2.45) is 16.7 Å². The predicted octanol–water partition coefficient (Wildman–Crippen LogP) is 2.33. The third-order valence-corrected chi connectivity index (χ3v) is 3.11. The van der Waals surface area contributed by atoms with Crippen LogP contribution in [0.3, 0.4) is 0 Å². The van der Waals surface area contributed by atoms with Crippen molar-refractivity contribution < 1.29 is 4.79 Å². The summed E-state index contributed by atoms with van der Waals surface area (Å²) >= 11 is 0. The molecule has 15 heavy (non-hydrogen) atoms. The van der Waals surface area contributed by atoms with E-state index < -0.39 is 5.41 Å². The summed E-state index contributed by atoms with van der Waals surface area (Å²) in [4.78, 5) is 11.6. The first-order valence-electron chi connectivity index (χ1n) is 5.33. The molecule has 3 heteroatoms. The van der Waals surface area contributed by atoms with Crippen molar-refractivity contribution in [3.05, 3.63) is 0 Å². The molecule has 0 aliphatic carbocycles. The van der Waals surface area contributed by atoms with Gasteiger partial charge in [0.1, 0.15) is 5.41 Å². The van der Waals surface area contributed by atoms with Gasteiger partial charge < -0.3 is 5.32 Å². The summed E-state index contributed by atoms with van der Waals surface area (Å²) in [6.45, 7) is 12.3. The molecule has 0 rings (SSSR count). The number of hydrogen-bond donors (Lipinski definition) is 1. The largest absolute Gasteiger partial charge is 0.354 e. The number of carbonyl (C=O) groups excluding carboxylic acids is 1. The predicted molar refractivity (Wildman–Crippen MR) is 61.0 cm³/mol. The zero-order valence-electron chi connectivity index (χ0n) is 10.6. The summed E-state index contributed by atoms with van der Waals surface area (Å²) < 4.78 is 0. The van der Waals surface area contributed by atoms with Crippen LogP contribution in [0.25, 0.3) is 0 Å². The van der Waals surface area contributed by atoms with Crippen molar-refractivity contribution >= 4 is 5.91 Å². The monoisotopic (exact) mass is 210 g/mol. The molecule has 0 aromatic carbocycles. The second kappa shape index (κ2) is 4.65. The highest BCUT2D eigenvalue weighted by Crippen LogP contribution is 2.25. The summed E-state index contributed by atoms with van der Waals surface area (Å²) in [5.74, 6) is 0.293. The highest BCUT2D eigenvalue weighted by Gasteiger charge is 2.29. The Morgan fingerprint density at radius 2 is 1.80 bits per heavy atom. The van der Waals surface area contributed by atoms with Gasteiger partial charge >= 0.3 is 0 Å². The van der Waals surface area contributed by atoms with Crippen LogP contribution in [-0.2, 0) is 4.79 Å². The maximum Gasteiger partial charge on any atom is 0.239 e. The van der Waals surface area contributed by atoms with Gasteiger partial charge in [0.05, 0.1) is 6.07 Å². The fourth-order valence-corrected chi connectivity index (χ4v) is 0.784. The minimum absolute atomic E-state index is 0.0567. The molecule has 0 spiro atoms. The van der Waals surface area contributed by atoms with Crippen LogP contribution in [0.2, 0.25) is 0 Å². The normalized spacial score (nSPS) is 12.4. The molecule has 0 aromatic rings. The van der Waals surface area contributed by atoms with Gasteiger partial charge in [0, 0.05) is 6.54 Å². The molecule has 0 saturated carbocycles. The lowest BCUT2D eigenvalue weighted by Gasteiger charge is -2.30. The Bertz CT molecular complexity index is 272. The molecule has 0 radical (unpaired) electrons. The lowest BCUT2D eigenvalue weighted by atomic mass is 9.81. The average Bonchev–Trinajstić information content (AvgIpc) is 2.13. The van der Waals surface area contributed by atoms with Crippen molar-refractivity contribution in [1.29, 1.82) is 5.26 Å². The van der Waals surface area contributed by atoms with Crippen LogP contribution in [0.1, 0.15) is 41.5 Å². The number of nitriles is 1. The molecule has 0 atom stereocenters. The molecule has 0 aromatic heterocycles. The van der Waals surface area contributed by atoms with E-state index in [-0.39, 0.29) is 11.3 Å². The van der Waals surface area contributed by atoms with Crippen molar-refractivity contribution in [2.45, 2.75) is 41.5 Å². The molecule has 0 bridgehead atoms. The Hall–Kier alpha value is -1.04. The second-order valence-corrected chi connectivity index (χ2v) is 5.56. The standard InChI is InChI=1S/C12H22N2O/c1-9(2)12(5,6)8-14-10(15)11(3,4)7-13/h9H,8H2,1-6H3,(H,14,15). The van der Waals surface area contributed by atoms with Gasteiger partial charge in [0.25, 0.3) is 0 Å². The number of carbonyl (C=O) groups is 1. The van der Waals surface area contributed by atoms with Crippen LogP contribution in [0, 0.1) is 28.1 Å². The lowest BCUT2D eigenvalue weighted by molar-refractivity contribution is -0.127. The number of amides is 1. The Kier molecular flexibility index (Phi) is 4.33. The molecule has 0 aliphatic rings. The fraction of sp³-hybridized carbons (Fsp3) is 0.833. The molecule has 1 N–H and O–H groups in total. The highest BCUT2D eigenvalue weighted by molar-refractivity contribution is 5.84. The molecular weight excluding hydrogens is 188 g/mol. The summed E-state index contributed by atoms with van der Waals surface area (Å²) in [6.07, 6.45) is 0. The van der Waals surface area contributed by atoms with Gasteiger partial charge in [-0.05, 0) is 25.2 Å². The van der Waals surface area contributed by atoms with Gasteiger partial charge in [-0.15, -0.1) is 0 Å². The number of nitrogens with one attached hydrogen (secondary N) is 1. The summed E-state index contributed by atoms with van der Waals surface area (Å²) in [5.41, 5.74) is -0.881. The van der Waals surface area contributed by atoms with Gasteiger partial charge in [-0.2, -0.15) is 5.26 Å². The van der Waals surface area contributed by atoms with E-state index in [0.29, 0.717) is 12.5 Å². The average molecular weight is 210 g/mol. The Balaban J connectivity index is 4.32. The number of nitrogens with zero attached hydrogens (tertiary/aromatic N) is 1. The van der Waals surface area contributed by atoms with Gasteiger partial charge in [-0.1, -0.05) is 27.7 Å². The van der Waals surface area contributed by atoms with E-state index in [1.807, 2.05) is 6.07 Å². The third kappa shape index (κ3) is 3.91. The van der Waals surface area contributed by atoms with E-state index >= 15 is 0 Å². The zero-order valence-corrected chi connectivity index (χ0v) is 10.6. The Labute approximate surface area is 92.9 Å². The van der Waals surface area contributed by atoms with Crippen LogP contribution in [0.5, 0.6) is 0 Å². The van der Waals surface area contributed by atoms with E-state index in [4.69, 9.17) is 5.26 Å². The fourth-order valence-electron chi connectivity index (χ4n) is 0.784. The minimum Gasteiger partial charge on any atom is -0.354 e. The summed E-state index contributed by atoms with van der Waals surface area (Å²) in [6, 6.07) is 1.99. The van der Waals surface area contributed by atoms with E-state index in [1.54, 1.807) is 13.8 Å². The minimum atomic E-state index is -0.937. The van der Waals surface area contributed by atoms with Gasteiger partial charge in [0.15, 0.2) is 0 Å². The smallest absolute Gasteiger partial charge is 0.239 e. The van der Waals surface area contributed by atoms with Crippen molar-refractivity contribution in [1.82, 2.24) is 5.32 Å². The van der Waals surface area contributed by atoms with E-state index in [2.05, 4.69) is 33.0 Å². The maximum absolute atomic E-state index is 11.6. The van der Waals surface area contributed by atoms with Crippen molar-refractivity contribution in [2.75, 3.05) is 6.54 Å². The number of hydrogen-bond acceptors (Lipinski definition) is 2. The molecule has 0 fully saturated rings. The molecular formula is C12H22N2O. The van der Waals surface area contributed by atoms with E-state index in [1.165, 1.54) is 0 Å². The first-order chi connectivity index (χ1) is 6.63. The zero-order chi connectivity index (χ0) is 12.3. The molecule has 3 nitrogen and oxygen atoms in total. The Morgan fingerprint density at radius 3 is 2.13 bits per heavy atom. The van der Waals surface area contributed by atoms with Crippen molar-refractivity contribution in [3.8, 4) is 6.07 Å². The molecule has 1 amide bonds. The third-order valence-electron chi connectivity index (χ3n) is 3.11. The van der Waals surface area contributed by atoms with Crippen LogP contribution >= 0.6 is 0 Å². The molecule has 0 aliphatic heterocycles. The van der Waals surface area contributed by atoms with Gasteiger partial charge in [-0.3, -0.25) is 4.79 Å². The van der Waals surface area contributed by atoms with Crippen LogP contribution in [0.4, 0.5) is 0 Å². The maximum atomic E-state index is 11.6. The molecule has 86 valence electrons. The topological polar surface area (TPSA) is 52.9 Å². The van der Waals surface area contributed by atoms with Gasteiger partial charge in [-0.25, -0.2) is 0 Å². The second-order valence-electron chi connectivity index (χ2n) is 5.56. The molecule has 0 heterocycles. The summed E-state index contributed by atoms with van der Waals surface area (Å²) in [7, 11) is 0. The number of rotatable bonds is 4. The van der Waals surface area contributed by atoms with Gasteiger partial charge in [0.2, 0.25) is 5.91 Å². The van der Waals surface area contributed by atoms with E-state index in [0.717, 1.165) is 0 Å². The summed E-state index contributed by atoms with van der Waals surface area (Å²) in [5, 5.41) is 11.6. The van der Waals surface area contributed by atoms with Crippen molar-refractivity contribution in [3.63, 3.8) is 0 Å². The molecule has 0 saturated heterocycles. The van der Waals surface area contributed by atoms with Crippen LogP contribution in [-0.4, -0.2) is 12.5 Å². The quantitative estimate of drug-likeness (QED) is 0.774.